The molecular formula is C17H22N4O2. The molecule has 0 unspecified atom stereocenters. The van der Waals surface area contributed by atoms with Gasteiger partial charge in [0.1, 0.15) is 11.9 Å². The summed E-state index contributed by atoms with van der Waals surface area (Å²) in [4.78, 5) is 21.3. The van der Waals surface area contributed by atoms with E-state index in [-0.39, 0.29) is 11.3 Å². The Labute approximate surface area is 136 Å². The fraction of sp³-hybridized carbons (Fsp3) is 0.588. The molecule has 1 spiro atoms. The number of hydrogen-bond donors (Lipinski definition) is 0. The quantitative estimate of drug-likeness (QED) is 0.840. The van der Waals surface area contributed by atoms with E-state index in [9.17, 15) is 10.1 Å². The van der Waals surface area contributed by atoms with Gasteiger partial charge in [-0.3, -0.25) is 4.79 Å². The van der Waals surface area contributed by atoms with Crippen molar-refractivity contribution in [1.29, 1.82) is 5.26 Å². The number of piperidine rings is 1. The lowest BCUT2D eigenvalue weighted by Gasteiger charge is -2.39. The number of nitrogens with zero attached hydrogens (tertiary/aromatic N) is 4. The number of nitriles is 1. The number of amides is 1. The van der Waals surface area contributed by atoms with Crippen molar-refractivity contribution in [1.82, 2.24) is 9.88 Å². The summed E-state index contributed by atoms with van der Waals surface area (Å²) >= 11 is 0. The van der Waals surface area contributed by atoms with E-state index >= 15 is 0 Å². The number of anilines is 1. The molecule has 0 aromatic carbocycles. The van der Waals surface area contributed by atoms with Crippen LogP contribution >= 0.6 is 0 Å². The van der Waals surface area contributed by atoms with Crippen LogP contribution in [0.2, 0.25) is 0 Å². The van der Waals surface area contributed by atoms with Gasteiger partial charge < -0.3 is 14.5 Å². The van der Waals surface area contributed by atoms with Crippen LogP contribution in [0.4, 0.5) is 5.82 Å². The zero-order chi connectivity index (χ0) is 16.3. The number of rotatable bonds is 4. The standard InChI is InChI=1S/C17H22N4O2/c1-23-11-10-20-8-3-5-17(16(20)22)6-9-21(13-17)15-14(12-18)4-2-7-19-15/h2,4,7H,3,5-6,8-11,13H2,1H3/t17-/m1/s1. The second-order valence-corrected chi connectivity index (χ2v) is 6.33. The van der Waals surface area contributed by atoms with Gasteiger partial charge in [0.05, 0.1) is 17.6 Å². The van der Waals surface area contributed by atoms with Gasteiger partial charge in [-0.25, -0.2) is 4.98 Å². The number of methoxy groups -OCH3 is 1. The molecule has 0 N–H and O–H groups in total. The molecule has 2 aliphatic rings. The highest BCUT2D eigenvalue weighted by molar-refractivity contribution is 5.85. The van der Waals surface area contributed by atoms with Crippen molar-refractivity contribution in [3.05, 3.63) is 23.9 Å². The Bertz CT molecular complexity index is 627. The van der Waals surface area contributed by atoms with Crippen LogP contribution in [-0.2, 0) is 9.53 Å². The van der Waals surface area contributed by atoms with E-state index in [4.69, 9.17) is 4.74 Å². The van der Waals surface area contributed by atoms with E-state index in [2.05, 4.69) is 16.0 Å². The zero-order valence-electron chi connectivity index (χ0n) is 13.5. The van der Waals surface area contributed by atoms with Crippen molar-refractivity contribution in [2.75, 3.05) is 44.8 Å². The molecule has 1 aromatic heterocycles. The number of aromatic nitrogens is 1. The van der Waals surface area contributed by atoms with Gasteiger partial charge in [0, 0.05) is 39.5 Å². The van der Waals surface area contributed by atoms with E-state index in [1.165, 1.54) is 0 Å². The molecule has 0 saturated carbocycles. The predicted octanol–water partition coefficient (Wildman–Crippen LogP) is 1.42. The van der Waals surface area contributed by atoms with Gasteiger partial charge in [-0.15, -0.1) is 0 Å². The molecule has 0 aliphatic carbocycles. The second kappa shape index (κ2) is 6.55. The SMILES string of the molecule is COCCN1CCC[C@]2(CCN(c3ncccc3C#N)C2)C1=O. The molecule has 2 fully saturated rings. The number of ether oxygens (including phenoxy) is 1. The molecule has 3 heterocycles. The molecule has 1 aromatic rings. The zero-order valence-corrected chi connectivity index (χ0v) is 13.5. The van der Waals surface area contributed by atoms with Gasteiger partial charge in [0.25, 0.3) is 0 Å². The lowest BCUT2D eigenvalue weighted by atomic mass is 9.78. The van der Waals surface area contributed by atoms with E-state index in [0.717, 1.165) is 32.4 Å². The Morgan fingerprint density at radius 2 is 2.30 bits per heavy atom. The molecule has 23 heavy (non-hydrogen) atoms. The number of likely N-dealkylation sites (tertiary alicyclic amines) is 1. The van der Waals surface area contributed by atoms with Crippen LogP contribution in [0, 0.1) is 16.7 Å². The number of carbonyl (C=O) groups is 1. The average molecular weight is 314 g/mol. The third-order valence-corrected chi connectivity index (χ3v) is 4.95. The minimum absolute atomic E-state index is 0.234. The average Bonchev–Trinajstić information content (AvgIpc) is 3.01. The molecule has 1 atom stereocenters. The van der Waals surface area contributed by atoms with Crippen molar-refractivity contribution < 1.29 is 9.53 Å². The number of hydrogen-bond acceptors (Lipinski definition) is 5. The Hall–Kier alpha value is -2.13. The highest BCUT2D eigenvalue weighted by atomic mass is 16.5. The number of pyridine rings is 1. The third kappa shape index (κ3) is 2.89. The Kier molecular flexibility index (Phi) is 4.49. The van der Waals surface area contributed by atoms with E-state index in [1.54, 1.807) is 25.4 Å². The second-order valence-electron chi connectivity index (χ2n) is 6.33. The van der Waals surface area contributed by atoms with E-state index in [0.29, 0.717) is 31.1 Å². The highest BCUT2D eigenvalue weighted by Crippen LogP contribution is 2.41. The molecule has 122 valence electrons. The first-order valence-electron chi connectivity index (χ1n) is 8.08. The summed E-state index contributed by atoms with van der Waals surface area (Å²) in [5, 5.41) is 9.27. The third-order valence-electron chi connectivity index (χ3n) is 4.95. The Morgan fingerprint density at radius 1 is 1.43 bits per heavy atom. The van der Waals surface area contributed by atoms with Crippen LogP contribution in [-0.4, -0.2) is 55.7 Å². The smallest absolute Gasteiger partial charge is 0.230 e. The summed E-state index contributed by atoms with van der Waals surface area (Å²) < 4.78 is 5.11. The van der Waals surface area contributed by atoms with Gasteiger partial charge in [0.15, 0.2) is 0 Å². The van der Waals surface area contributed by atoms with Crippen LogP contribution in [0.1, 0.15) is 24.8 Å². The first-order valence-corrected chi connectivity index (χ1v) is 8.08. The first kappa shape index (κ1) is 15.8. The summed E-state index contributed by atoms with van der Waals surface area (Å²) in [7, 11) is 1.66. The van der Waals surface area contributed by atoms with Crippen molar-refractivity contribution in [3.63, 3.8) is 0 Å². The van der Waals surface area contributed by atoms with Crippen LogP contribution < -0.4 is 4.90 Å². The molecule has 0 bridgehead atoms. The molecule has 3 rings (SSSR count). The van der Waals surface area contributed by atoms with Crippen molar-refractivity contribution in [2.24, 2.45) is 5.41 Å². The summed E-state index contributed by atoms with van der Waals surface area (Å²) in [6.07, 6.45) is 4.47. The van der Waals surface area contributed by atoms with Gasteiger partial charge >= 0.3 is 0 Å². The fourth-order valence-corrected chi connectivity index (χ4v) is 3.74. The van der Waals surface area contributed by atoms with Crippen LogP contribution in [0.3, 0.4) is 0 Å². The maximum Gasteiger partial charge on any atom is 0.230 e. The van der Waals surface area contributed by atoms with Gasteiger partial charge in [-0.2, -0.15) is 5.26 Å². The normalized spacial score (nSPS) is 24.3. The lowest BCUT2D eigenvalue weighted by Crippen LogP contribution is -2.51. The van der Waals surface area contributed by atoms with Crippen molar-refractivity contribution >= 4 is 11.7 Å². The van der Waals surface area contributed by atoms with Crippen LogP contribution in [0.5, 0.6) is 0 Å². The molecule has 1 amide bonds. The monoisotopic (exact) mass is 314 g/mol. The highest BCUT2D eigenvalue weighted by Gasteiger charge is 2.48. The molecule has 6 nitrogen and oxygen atoms in total. The van der Waals surface area contributed by atoms with Crippen LogP contribution in [0.25, 0.3) is 0 Å². The molecule has 2 saturated heterocycles. The number of carbonyl (C=O) groups excluding carboxylic acids is 1. The predicted molar refractivity (Wildman–Crippen MR) is 85.9 cm³/mol. The summed E-state index contributed by atoms with van der Waals surface area (Å²) in [5.41, 5.74) is 0.250. The van der Waals surface area contributed by atoms with E-state index < -0.39 is 0 Å². The topological polar surface area (TPSA) is 69.5 Å². The lowest BCUT2D eigenvalue weighted by molar-refractivity contribution is -0.145. The summed E-state index contributed by atoms with van der Waals surface area (Å²) in [6, 6.07) is 5.74. The maximum absolute atomic E-state index is 12.9. The molecule has 2 aliphatic heterocycles. The van der Waals surface area contributed by atoms with E-state index in [1.807, 2.05) is 4.90 Å². The molecule has 0 radical (unpaired) electrons. The van der Waals surface area contributed by atoms with Gasteiger partial charge in [-0.05, 0) is 31.4 Å². The Morgan fingerprint density at radius 3 is 3.09 bits per heavy atom. The van der Waals surface area contributed by atoms with Crippen molar-refractivity contribution in [3.8, 4) is 6.07 Å². The largest absolute Gasteiger partial charge is 0.383 e. The summed E-state index contributed by atoms with van der Waals surface area (Å²) in [5.74, 6) is 0.937. The maximum atomic E-state index is 12.9. The minimum Gasteiger partial charge on any atom is -0.383 e. The Balaban J connectivity index is 1.78. The molecule has 6 heteroatoms. The van der Waals surface area contributed by atoms with Gasteiger partial charge in [0.2, 0.25) is 5.91 Å². The molecular weight excluding hydrogens is 292 g/mol. The first-order chi connectivity index (χ1) is 11.2. The fourth-order valence-electron chi connectivity index (χ4n) is 3.74. The van der Waals surface area contributed by atoms with Crippen LogP contribution in [0.15, 0.2) is 18.3 Å². The minimum atomic E-state index is -0.323. The van der Waals surface area contributed by atoms with Crippen molar-refractivity contribution in [2.45, 2.75) is 19.3 Å². The van der Waals surface area contributed by atoms with Gasteiger partial charge in [-0.1, -0.05) is 0 Å². The summed E-state index contributed by atoms with van der Waals surface area (Å²) in [6.45, 7) is 3.47.